The number of aromatic nitrogens is 2. The molecule has 0 aliphatic carbocycles. The monoisotopic (exact) mass is 331 g/mol. The minimum Gasteiger partial charge on any atom is -0.306 e. The van der Waals surface area contributed by atoms with E-state index in [1.807, 2.05) is 0 Å². The molecule has 0 radical (unpaired) electrons. The molecule has 0 aliphatic rings. The number of imidazole rings is 1. The number of anilines is 1. The number of fused-ring (bicyclic) bond motifs is 1. The van der Waals surface area contributed by atoms with Crippen molar-refractivity contribution >= 4 is 32.3 Å². The van der Waals surface area contributed by atoms with Gasteiger partial charge in [-0.1, -0.05) is 6.07 Å². The van der Waals surface area contributed by atoms with E-state index in [2.05, 4.69) is 15.1 Å². The van der Waals surface area contributed by atoms with Crippen molar-refractivity contribution in [1.82, 2.24) is 14.1 Å². The number of nitrogens with two attached hydrogens (primary N) is 1. The Hall–Kier alpha value is -1.49. The largest absolute Gasteiger partial charge is 0.306 e. The van der Waals surface area contributed by atoms with Crippen molar-refractivity contribution in [2.45, 2.75) is 11.4 Å². The zero-order valence-corrected chi connectivity index (χ0v) is 13.1. The Morgan fingerprint density at radius 1 is 1.43 bits per heavy atom. The zero-order valence-electron chi connectivity index (χ0n) is 11.4. The van der Waals surface area contributed by atoms with Crippen molar-refractivity contribution in [2.24, 2.45) is 5.84 Å². The molecular weight excluding hydrogens is 314 g/mol. The third-order valence-corrected chi connectivity index (χ3v) is 5.12. The van der Waals surface area contributed by atoms with E-state index in [0.717, 1.165) is 0 Å². The lowest BCUT2D eigenvalue weighted by atomic mass is 10.5. The van der Waals surface area contributed by atoms with Crippen molar-refractivity contribution in [2.75, 3.05) is 24.0 Å². The van der Waals surface area contributed by atoms with Gasteiger partial charge in [0.1, 0.15) is 5.65 Å². The summed E-state index contributed by atoms with van der Waals surface area (Å²) in [5.74, 6) is 5.87. The number of nitrogens with zero attached hydrogens (tertiary/aromatic N) is 2. The van der Waals surface area contributed by atoms with Gasteiger partial charge in [-0.05, 0) is 18.6 Å². The first kappa shape index (κ1) is 15.9. The highest BCUT2D eigenvalue weighted by atomic mass is 32.2. The molecule has 0 saturated carbocycles. The van der Waals surface area contributed by atoms with Crippen molar-refractivity contribution < 1.29 is 12.6 Å². The van der Waals surface area contributed by atoms with Crippen molar-refractivity contribution in [3.8, 4) is 0 Å². The SMILES string of the molecule is CS(=O)CCCNS(=O)(=O)c1c(NN)nc2ccccn12. The molecular formula is C11H17N5O3S2. The van der Waals surface area contributed by atoms with Crippen LogP contribution in [0.15, 0.2) is 29.4 Å². The maximum atomic E-state index is 12.4. The minimum atomic E-state index is -3.78. The van der Waals surface area contributed by atoms with Crippen molar-refractivity contribution in [3.63, 3.8) is 0 Å². The average molecular weight is 331 g/mol. The van der Waals surface area contributed by atoms with Gasteiger partial charge in [0.05, 0.1) is 0 Å². The van der Waals surface area contributed by atoms with Gasteiger partial charge in [0, 0.05) is 35.5 Å². The third-order valence-electron chi connectivity index (χ3n) is 2.78. The molecule has 0 fully saturated rings. The van der Waals surface area contributed by atoms with Crippen molar-refractivity contribution in [1.29, 1.82) is 0 Å². The Bertz CT molecular complexity index is 756. The molecule has 0 spiro atoms. The van der Waals surface area contributed by atoms with Gasteiger partial charge in [-0.3, -0.25) is 8.61 Å². The normalized spacial score (nSPS) is 13.4. The van der Waals surface area contributed by atoms with Crippen LogP contribution in [0.1, 0.15) is 6.42 Å². The second-order valence-electron chi connectivity index (χ2n) is 4.37. The molecule has 0 saturated heterocycles. The van der Waals surface area contributed by atoms with Crippen LogP contribution >= 0.6 is 0 Å². The first-order valence-electron chi connectivity index (χ1n) is 6.19. The summed E-state index contributed by atoms with van der Waals surface area (Å²) in [5, 5.41) is -0.0433. The molecule has 0 aromatic carbocycles. The summed E-state index contributed by atoms with van der Waals surface area (Å²) in [5.41, 5.74) is 2.77. The van der Waals surface area contributed by atoms with E-state index in [0.29, 0.717) is 17.8 Å². The van der Waals surface area contributed by atoms with Gasteiger partial charge in [0.15, 0.2) is 10.8 Å². The molecule has 1 atom stereocenters. The van der Waals surface area contributed by atoms with Gasteiger partial charge in [0.25, 0.3) is 10.0 Å². The summed E-state index contributed by atoms with van der Waals surface area (Å²) in [6, 6.07) is 5.14. The standard InChI is InChI=1S/C11H17N5O3S2/c1-20(17)8-4-6-13-21(18,19)11-10(15-12)14-9-5-2-3-7-16(9)11/h2-3,5,7,13,15H,4,6,8,12H2,1H3. The van der Waals surface area contributed by atoms with Gasteiger partial charge >= 0.3 is 0 Å². The summed E-state index contributed by atoms with van der Waals surface area (Å²) in [7, 11) is -4.72. The molecule has 0 aliphatic heterocycles. The molecule has 2 aromatic rings. The number of pyridine rings is 1. The van der Waals surface area contributed by atoms with E-state index in [1.54, 1.807) is 30.7 Å². The van der Waals surface area contributed by atoms with Crippen LogP contribution < -0.4 is 16.0 Å². The number of hydrogen-bond donors (Lipinski definition) is 3. The predicted octanol–water partition coefficient (Wildman–Crippen LogP) is -0.333. The van der Waals surface area contributed by atoms with Crippen LogP contribution in [0, 0.1) is 0 Å². The summed E-state index contributed by atoms with van der Waals surface area (Å²) in [4.78, 5) is 4.11. The van der Waals surface area contributed by atoms with Gasteiger partial charge in [-0.2, -0.15) is 0 Å². The van der Waals surface area contributed by atoms with Gasteiger partial charge in [0.2, 0.25) is 0 Å². The molecule has 0 amide bonds. The van der Waals surface area contributed by atoms with Crippen LogP contribution in [0.5, 0.6) is 0 Å². The number of hydrazine groups is 1. The van der Waals surface area contributed by atoms with E-state index in [-0.39, 0.29) is 17.4 Å². The van der Waals surface area contributed by atoms with Crippen LogP contribution in [0.2, 0.25) is 0 Å². The summed E-state index contributed by atoms with van der Waals surface area (Å²) in [6.07, 6.45) is 3.67. The second kappa shape index (κ2) is 6.52. The second-order valence-corrected chi connectivity index (χ2v) is 7.60. The minimum absolute atomic E-state index is 0.0433. The van der Waals surface area contributed by atoms with Crippen LogP contribution in [-0.4, -0.2) is 40.6 Å². The van der Waals surface area contributed by atoms with Crippen LogP contribution in [0.3, 0.4) is 0 Å². The first-order valence-corrected chi connectivity index (χ1v) is 9.40. The molecule has 2 heterocycles. The topological polar surface area (TPSA) is 119 Å². The number of hydrogen-bond acceptors (Lipinski definition) is 6. The molecule has 4 N–H and O–H groups in total. The van der Waals surface area contributed by atoms with E-state index in [9.17, 15) is 12.6 Å². The quantitative estimate of drug-likeness (QED) is 0.363. The molecule has 1 unspecified atom stereocenters. The fourth-order valence-corrected chi connectivity index (χ4v) is 3.75. The third kappa shape index (κ3) is 3.59. The highest BCUT2D eigenvalue weighted by Gasteiger charge is 2.24. The van der Waals surface area contributed by atoms with Crippen LogP contribution in [0.4, 0.5) is 5.82 Å². The van der Waals surface area contributed by atoms with E-state index in [4.69, 9.17) is 5.84 Å². The summed E-state index contributed by atoms with van der Waals surface area (Å²) in [6.45, 7) is 0.200. The number of sulfonamides is 1. The van der Waals surface area contributed by atoms with E-state index < -0.39 is 20.8 Å². The van der Waals surface area contributed by atoms with Gasteiger partial charge in [-0.25, -0.2) is 24.0 Å². The van der Waals surface area contributed by atoms with Gasteiger partial charge in [-0.15, -0.1) is 0 Å². The van der Waals surface area contributed by atoms with Crippen LogP contribution in [-0.2, 0) is 20.8 Å². The summed E-state index contributed by atoms with van der Waals surface area (Å²) < 4.78 is 39.6. The predicted molar refractivity (Wildman–Crippen MR) is 81.7 cm³/mol. The lowest BCUT2D eigenvalue weighted by molar-refractivity contribution is 0.576. The maximum Gasteiger partial charge on any atom is 0.260 e. The highest BCUT2D eigenvalue weighted by molar-refractivity contribution is 7.89. The fraction of sp³-hybridized carbons (Fsp3) is 0.364. The Kier molecular flexibility index (Phi) is 4.93. The number of nitrogen functional groups attached to an aromatic ring is 1. The highest BCUT2D eigenvalue weighted by Crippen LogP contribution is 2.21. The Labute approximate surface area is 125 Å². The molecule has 8 nitrogen and oxygen atoms in total. The molecule has 21 heavy (non-hydrogen) atoms. The number of nitrogens with one attached hydrogen (secondary N) is 2. The lowest BCUT2D eigenvalue weighted by Gasteiger charge is -2.07. The Balaban J connectivity index is 2.29. The Morgan fingerprint density at radius 2 is 2.19 bits per heavy atom. The zero-order chi connectivity index (χ0) is 15.5. The van der Waals surface area contributed by atoms with Gasteiger partial charge < -0.3 is 5.43 Å². The maximum absolute atomic E-state index is 12.4. The Morgan fingerprint density at radius 3 is 2.86 bits per heavy atom. The van der Waals surface area contributed by atoms with Crippen LogP contribution in [0.25, 0.3) is 5.65 Å². The number of rotatable bonds is 7. The molecule has 2 aromatic heterocycles. The van der Waals surface area contributed by atoms with E-state index >= 15 is 0 Å². The average Bonchev–Trinajstić information content (AvgIpc) is 2.82. The molecule has 2 rings (SSSR count). The first-order chi connectivity index (χ1) is 9.95. The molecule has 10 heteroatoms. The smallest absolute Gasteiger partial charge is 0.260 e. The fourth-order valence-electron chi connectivity index (χ4n) is 1.87. The van der Waals surface area contributed by atoms with Crippen molar-refractivity contribution in [3.05, 3.63) is 24.4 Å². The summed E-state index contributed by atoms with van der Waals surface area (Å²) >= 11 is 0. The lowest BCUT2D eigenvalue weighted by Crippen LogP contribution is -2.28. The van der Waals surface area contributed by atoms with E-state index in [1.165, 1.54) is 4.40 Å². The molecule has 116 valence electrons. The molecule has 0 bridgehead atoms.